The summed E-state index contributed by atoms with van der Waals surface area (Å²) >= 11 is 1.64. The maximum Gasteiger partial charge on any atom is 0.0900 e. The van der Waals surface area contributed by atoms with E-state index in [2.05, 4.69) is 17.1 Å². The molecule has 1 atom stereocenters. The molecule has 0 saturated carbocycles. The molecule has 0 amide bonds. The molecule has 20 heavy (non-hydrogen) atoms. The molecule has 4 heteroatoms. The fraction of sp³-hybridized carbons (Fsp3) is 0.188. The maximum atomic E-state index is 12.5. The minimum absolute atomic E-state index is 0.551. The van der Waals surface area contributed by atoms with Crippen LogP contribution in [0.25, 0.3) is 10.8 Å². The molecule has 0 aliphatic carbocycles. The lowest BCUT2D eigenvalue weighted by Crippen LogP contribution is -1.96. The van der Waals surface area contributed by atoms with Crippen molar-refractivity contribution in [3.8, 4) is 0 Å². The number of benzene rings is 2. The van der Waals surface area contributed by atoms with Crippen molar-refractivity contribution in [3.63, 3.8) is 0 Å². The zero-order valence-corrected chi connectivity index (χ0v) is 13.1. The predicted octanol–water partition coefficient (Wildman–Crippen LogP) is 4.22. The lowest BCUT2D eigenvalue weighted by Gasteiger charge is -2.03. The van der Waals surface area contributed by atoms with Crippen molar-refractivity contribution in [1.82, 2.24) is 4.98 Å². The average molecular weight is 301 g/mol. The Hall–Kier alpha value is -1.52. The Balaban J connectivity index is 1.90. The molecule has 0 aliphatic heterocycles. The first-order valence-electron chi connectivity index (χ1n) is 6.43. The SMILES string of the molecule is Cc1nc(C)c(C[S@](=O)c2ccc3ccccc3c2)s1. The Morgan fingerprint density at radius 1 is 1.10 bits per heavy atom. The van der Waals surface area contributed by atoms with Crippen molar-refractivity contribution in [2.45, 2.75) is 24.5 Å². The first-order chi connectivity index (χ1) is 9.63. The summed E-state index contributed by atoms with van der Waals surface area (Å²) in [6, 6.07) is 14.2. The van der Waals surface area contributed by atoms with E-state index in [-0.39, 0.29) is 0 Å². The van der Waals surface area contributed by atoms with Gasteiger partial charge in [-0.2, -0.15) is 0 Å². The van der Waals surface area contributed by atoms with Crippen LogP contribution in [0.3, 0.4) is 0 Å². The van der Waals surface area contributed by atoms with Crippen LogP contribution in [0.15, 0.2) is 47.4 Å². The van der Waals surface area contributed by atoms with Crippen molar-refractivity contribution < 1.29 is 4.21 Å². The highest BCUT2D eigenvalue weighted by Gasteiger charge is 2.11. The van der Waals surface area contributed by atoms with E-state index in [1.54, 1.807) is 11.3 Å². The fourth-order valence-electron chi connectivity index (χ4n) is 2.22. The molecule has 1 aromatic heterocycles. The van der Waals surface area contributed by atoms with Crippen LogP contribution in [0, 0.1) is 13.8 Å². The summed E-state index contributed by atoms with van der Waals surface area (Å²) in [6.07, 6.45) is 0. The Morgan fingerprint density at radius 3 is 2.55 bits per heavy atom. The van der Waals surface area contributed by atoms with Crippen LogP contribution in [0.4, 0.5) is 0 Å². The van der Waals surface area contributed by atoms with Gasteiger partial charge in [-0.15, -0.1) is 11.3 Å². The van der Waals surface area contributed by atoms with Gasteiger partial charge in [0, 0.05) is 9.77 Å². The van der Waals surface area contributed by atoms with Gasteiger partial charge < -0.3 is 0 Å². The summed E-state index contributed by atoms with van der Waals surface area (Å²) in [5, 5.41) is 3.35. The summed E-state index contributed by atoms with van der Waals surface area (Å²) < 4.78 is 12.5. The van der Waals surface area contributed by atoms with Gasteiger partial charge in [0.1, 0.15) is 0 Å². The highest BCUT2D eigenvalue weighted by Crippen LogP contribution is 2.23. The van der Waals surface area contributed by atoms with Crippen LogP contribution in [-0.2, 0) is 16.6 Å². The van der Waals surface area contributed by atoms with Crippen LogP contribution in [0.5, 0.6) is 0 Å². The highest BCUT2D eigenvalue weighted by atomic mass is 32.2. The minimum Gasteiger partial charge on any atom is -0.254 e. The van der Waals surface area contributed by atoms with Gasteiger partial charge in [-0.05, 0) is 36.8 Å². The molecule has 0 saturated heterocycles. The van der Waals surface area contributed by atoms with Gasteiger partial charge in [-0.25, -0.2) is 4.98 Å². The monoisotopic (exact) mass is 301 g/mol. The second kappa shape index (κ2) is 5.46. The molecule has 102 valence electrons. The number of thiazole rings is 1. The number of fused-ring (bicyclic) bond motifs is 1. The third-order valence-electron chi connectivity index (χ3n) is 3.25. The van der Waals surface area contributed by atoms with Crippen LogP contribution >= 0.6 is 11.3 Å². The quantitative estimate of drug-likeness (QED) is 0.725. The van der Waals surface area contributed by atoms with Crippen molar-refractivity contribution in [3.05, 3.63) is 58.0 Å². The van der Waals surface area contributed by atoms with E-state index in [1.807, 2.05) is 44.2 Å². The van der Waals surface area contributed by atoms with Crippen molar-refractivity contribution in [1.29, 1.82) is 0 Å². The van der Waals surface area contributed by atoms with Crippen molar-refractivity contribution in [2.24, 2.45) is 0 Å². The molecule has 1 heterocycles. The number of aromatic nitrogens is 1. The summed E-state index contributed by atoms with van der Waals surface area (Å²) in [5.74, 6) is 0.551. The average Bonchev–Trinajstić information content (AvgIpc) is 2.76. The molecule has 3 aromatic rings. The van der Waals surface area contributed by atoms with E-state index < -0.39 is 10.8 Å². The first-order valence-corrected chi connectivity index (χ1v) is 8.57. The second-order valence-corrected chi connectivity index (χ2v) is 7.48. The fourth-order valence-corrected chi connectivity index (χ4v) is 4.60. The molecular formula is C16H15NOS2. The van der Waals surface area contributed by atoms with Crippen LogP contribution < -0.4 is 0 Å². The van der Waals surface area contributed by atoms with E-state index in [0.29, 0.717) is 5.75 Å². The molecule has 0 aliphatic rings. The smallest absolute Gasteiger partial charge is 0.0900 e. The van der Waals surface area contributed by atoms with Gasteiger partial charge in [0.2, 0.25) is 0 Å². The van der Waals surface area contributed by atoms with Crippen molar-refractivity contribution in [2.75, 3.05) is 0 Å². The standard InChI is InChI=1S/C16H15NOS2/c1-11-16(19-12(2)17-11)10-20(18)15-8-7-13-5-3-4-6-14(13)9-15/h3-9H,10H2,1-2H3/t20-/m0/s1. The predicted molar refractivity (Wildman–Crippen MR) is 85.6 cm³/mol. The minimum atomic E-state index is -1.02. The molecular weight excluding hydrogens is 286 g/mol. The molecule has 0 N–H and O–H groups in total. The summed E-state index contributed by atoms with van der Waals surface area (Å²) in [6.45, 7) is 3.97. The molecule has 0 spiro atoms. The summed E-state index contributed by atoms with van der Waals surface area (Å²) in [4.78, 5) is 6.39. The molecule has 0 fully saturated rings. The van der Waals surface area contributed by atoms with Crippen LogP contribution in [0.1, 0.15) is 15.6 Å². The normalized spacial score (nSPS) is 12.7. The molecule has 0 bridgehead atoms. The molecule has 0 unspecified atom stereocenters. The Morgan fingerprint density at radius 2 is 1.85 bits per heavy atom. The van der Waals surface area contributed by atoms with Crippen molar-refractivity contribution >= 4 is 32.9 Å². The highest BCUT2D eigenvalue weighted by molar-refractivity contribution is 7.84. The number of hydrogen-bond donors (Lipinski definition) is 0. The zero-order chi connectivity index (χ0) is 14.1. The van der Waals surface area contributed by atoms with Gasteiger partial charge in [-0.3, -0.25) is 4.21 Å². The van der Waals surface area contributed by atoms with E-state index in [0.717, 1.165) is 25.9 Å². The van der Waals surface area contributed by atoms with Gasteiger partial charge >= 0.3 is 0 Å². The number of rotatable bonds is 3. The number of aryl methyl sites for hydroxylation is 2. The third kappa shape index (κ3) is 2.67. The van der Waals surface area contributed by atoms with Crippen LogP contribution in [0.2, 0.25) is 0 Å². The van der Waals surface area contributed by atoms with Gasteiger partial charge in [0.05, 0.1) is 27.3 Å². The summed E-state index contributed by atoms with van der Waals surface area (Å²) in [5.41, 5.74) is 1.00. The number of nitrogens with zero attached hydrogens (tertiary/aromatic N) is 1. The maximum absolute atomic E-state index is 12.5. The number of hydrogen-bond acceptors (Lipinski definition) is 3. The van der Waals surface area contributed by atoms with E-state index in [4.69, 9.17) is 0 Å². The van der Waals surface area contributed by atoms with E-state index in [9.17, 15) is 4.21 Å². The van der Waals surface area contributed by atoms with Gasteiger partial charge in [0.15, 0.2) is 0 Å². The Labute approximate surface area is 124 Å². The lowest BCUT2D eigenvalue weighted by molar-refractivity contribution is 0.683. The molecule has 0 radical (unpaired) electrons. The molecule has 2 nitrogen and oxygen atoms in total. The Bertz CT molecular complexity index is 792. The molecule has 2 aromatic carbocycles. The zero-order valence-electron chi connectivity index (χ0n) is 11.4. The summed E-state index contributed by atoms with van der Waals surface area (Å²) in [7, 11) is -1.02. The Kier molecular flexibility index (Phi) is 3.68. The first kappa shape index (κ1) is 13.5. The largest absolute Gasteiger partial charge is 0.254 e. The van der Waals surface area contributed by atoms with Crippen LogP contribution in [-0.4, -0.2) is 9.19 Å². The second-order valence-electron chi connectivity index (χ2n) is 4.74. The van der Waals surface area contributed by atoms with E-state index >= 15 is 0 Å². The van der Waals surface area contributed by atoms with Gasteiger partial charge in [0.25, 0.3) is 0 Å². The lowest BCUT2D eigenvalue weighted by atomic mass is 10.1. The molecule has 3 rings (SSSR count). The third-order valence-corrected chi connectivity index (χ3v) is 5.83. The van der Waals surface area contributed by atoms with Gasteiger partial charge in [-0.1, -0.05) is 30.3 Å². The van der Waals surface area contributed by atoms with E-state index in [1.165, 1.54) is 5.39 Å². The topological polar surface area (TPSA) is 30.0 Å².